The Kier molecular flexibility index (Phi) is 6.09. The van der Waals surface area contributed by atoms with Gasteiger partial charge >= 0.3 is 0 Å². The summed E-state index contributed by atoms with van der Waals surface area (Å²) in [6.07, 6.45) is 1.63. The van der Waals surface area contributed by atoms with E-state index in [9.17, 15) is 9.18 Å². The van der Waals surface area contributed by atoms with Crippen LogP contribution in [0.3, 0.4) is 0 Å². The van der Waals surface area contributed by atoms with Gasteiger partial charge in [0.15, 0.2) is 0 Å². The molecule has 1 amide bonds. The molecule has 1 fully saturated rings. The number of amides is 1. The van der Waals surface area contributed by atoms with Crippen LogP contribution in [0.2, 0.25) is 0 Å². The van der Waals surface area contributed by atoms with Gasteiger partial charge < -0.3 is 18.9 Å². The third-order valence-electron chi connectivity index (χ3n) is 5.42. The first-order valence-corrected chi connectivity index (χ1v) is 10.5. The van der Waals surface area contributed by atoms with E-state index >= 15 is 0 Å². The third kappa shape index (κ3) is 4.49. The minimum absolute atomic E-state index is 0.0276. The largest absolute Gasteiger partial charge is 0.489 e. The van der Waals surface area contributed by atoms with E-state index < -0.39 is 0 Å². The molecule has 2 atom stereocenters. The molecule has 0 aliphatic carbocycles. The molecule has 1 aliphatic rings. The molecule has 6 heteroatoms. The van der Waals surface area contributed by atoms with Gasteiger partial charge in [-0.05, 0) is 49.7 Å². The van der Waals surface area contributed by atoms with Gasteiger partial charge in [-0.2, -0.15) is 0 Å². The SMILES string of the molecule is C=CCOc1cccc2c1cc(C(=O)N1CC(C)OC(C)C1)n2Cc1cccc(F)c1. The lowest BCUT2D eigenvalue weighted by Gasteiger charge is -2.35. The van der Waals surface area contributed by atoms with Crippen molar-refractivity contribution in [2.45, 2.75) is 32.6 Å². The Labute approximate surface area is 181 Å². The van der Waals surface area contributed by atoms with E-state index in [0.29, 0.717) is 37.7 Å². The highest BCUT2D eigenvalue weighted by Gasteiger charge is 2.29. The number of ether oxygens (including phenoxy) is 2. The molecule has 2 unspecified atom stereocenters. The van der Waals surface area contributed by atoms with Gasteiger partial charge in [-0.25, -0.2) is 4.39 Å². The minimum atomic E-state index is -0.298. The molecule has 5 nitrogen and oxygen atoms in total. The molecule has 2 heterocycles. The number of benzene rings is 2. The lowest BCUT2D eigenvalue weighted by atomic mass is 10.2. The van der Waals surface area contributed by atoms with Crippen molar-refractivity contribution in [3.05, 3.63) is 78.3 Å². The molecule has 0 radical (unpaired) electrons. The Morgan fingerprint density at radius 1 is 1.19 bits per heavy atom. The Bertz CT molecular complexity index is 1100. The molecule has 1 aromatic heterocycles. The number of carbonyl (C=O) groups excluding carboxylic acids is 1. The summed E-state index contributed by atoms with van der Waals surface area (Å²) in [6, 6.07) is 14.1. The third-order valence-corrected chi connectivity index (χ3v) is 5.42. The van der Waals surface area contributed by atoms with Crippen LogP contribution in [0.15, 0.2) is 61.2 Å². The second kappa shape index (κ2) is 8.94. The predicted molar refractivity (Wildman–Crippen MR) is 119 cm³/mol. The lowest BCUT2D eigenvalue weighted by Crippen LogP contribution is -2.48. The van der Waals surface area contributed by atoms with Crippen LogP contribution in [0.5, 0.6) is 5.75 Å². The molecular weight excluding hydrogens is 395 g/mol. The van der Waals surface area contributed by atoms with E-state index in [1.54, 1.807) is 12.1 Å². The van der Waals surface area contributed by atoms with Crippen LogP contribution in [-0.2, 0) is 11.3 Å². The standard InChI is InChI=1S/C25H27FN2O3/c1-4-11-30-24-10-6-9-22-21(24)13-23(25(29)27-14-17(2)31-18(3)15-27)28(22)16-19-7-5-8-20(26)12-19/h4-10,12-13,17-18H,1,11,14-16H2,2-3H3. The van der Waals surface area contributed by atoms with E-state index in [0.717, 1.165) is 16.5 Å². The van der Waals surface area contributed by atoms with E-state index in [4.69, 9.17) is 9.47 Å². The van der Waals surface area contributed by atoms with Crippen LogP contribution in [0.4, 0.5) is 4.39 Å². The van der Waals surface area contributed by atoms with Gasteiger partial charge in [0.1, 0.15) is 23.9 Å². The topological polar surface area (TPSA) is 43.7 Å². The predicted octanol–water partition coefficient (Wildman–Crippen LogP) is 4.64. The van der Waals surface area contributed by atoms with E-state index in [2.05, 4.69) is 6.58 Å². The summed E-state index contributed by atoms with van der Waals surface area (Å²) in [4.78, 5) is 15.4. The van der Waals surface area contributed by atoms with Crippen LogP contribution in [0.25, 0.3) is 10.9 Å². The maximum atomic E-state index is 13.8. The number of aromatic nitrogens is 1. The lowest BCUT2D eigenvalue weighted by molar-refractivity contribution is -0.0588. The van der Waals surface area contributed by atoms with Crippen molar-refractivity contribution in [1.29, 1.82) is 0 Å². The number of morpholine rings is 1. The molecular formula is C25H27FN2O3. The highest BCUT2D eigenvalue weighted by Crippen LogP contribution is 2.31. The molecule has 4 rings (SSSR count). The van der Waals surface area contributed by atoms with Crippen molar-refractivity contribution < 1.29 is 18.7 Å². The monoisotopic (exact) mass is 422 g/mol. The highest BCUT2D eigenvalue weighted by molar-refractivity contribution is 6.00. The van der Waals surface area contributed by atoms with Crippen LogP contribution in [-0.4, -0.2) is 47.3 Å². The smallest absolute Gasteiger partial charge is 0.270 e. The highest BCUT2D eigenvalue weighted by atomic mass is 19.1. The van der Waals surface area contributed by atoms with Crippen molar-refractivity contribution in [3.63, 3.8) is 0 Å². The van der Waals surface area contributed by atoms with Gasteiger partial charge in [0.05, 0.1) is 17.7 Å². The minimum Gasteiger partial charge on any atom is -0.489 e. The molecule has 0 bridgehead atoms. The zero-order valence-electron chi connectivity index (χ0n) is 17.9. The molecule has 2 aromatic carbocycles. The molecule has 0 saturated carbocycles. The Morgan fingerprint density at radius 3 is 2.65 bits per heavy atom. The van der Waals surface area contributed by atoms with Crippen molar-refractivity contribution in [2.24, 2.45) is 0 Å². The first-order valence-electron chi connectivity index (χ1n) is 10.5. The Hall–Kier alpha value is -3.12. The summed E-state index contributed by atoms with van der Waals surface area (Å²) in [7, 11) is 0. The maximum Gasteiger partial charge on any atom is 0.270 e. The van der Waals surface area contributed by atoms with Crippen molar-refractivity contribution in [1.82, 2.24) is 9.47 Å². The van der Waals surface area contributed by atoms with Crippen molar-refractivity contribution in [2.75, 3.05) is 19.7 Å². The van der Waals surface area contributed by atoms with Gasteiger partial charge in [-0.15, -0.1) is 0 Å². The fourth-order valence-corrected chi connectivity index (χ4v) is 4.20. The summed E-state index contributed by atoms with van der Waals surface area (Å²) in [6.45, 7) is 9.46. The fourth-order valence-electron chi connectivity index (χ4n) is 4.20. The number of rotatable bonds is 6. The number of fused-ring (bicyclic) bond motifs is 1. The normalized spacial score (nSPS) is 18.9. The molecule has 0 N–H and O–H groups in total. The zero-order chi connectivity index (χ0) is 22.0. The number of hydrogen-bond acceptors (Lipinski definition) is 3. The molecule has 31 heavy (non-hydrogen) atoms. The van der Waals surface area contributed by atoms with Crippen LogP contribution in [0.1, 0.15) is 29.9 Å². The first kappa shape index (κ1) is 21.1. The number of halogens is 1. The maximum absolute atomic E-state index is 13.8. The van der Waals surface area contributed by atoms with Gasteiger partial charge in [0.25, 0.3) is 5.91 Å². The quantitative estimate of drug-likeness (QED) is 0.544. The molecule has 1 aliphatic heterocycles. The van der Waals surface area contributed by atoms with Gasteiger partial charge in [-0.1, -0.05) is 30.9 Å². The summed E-state index contributed by atoms with van der Waals surface area (Å²) < 4.78 is 27.4. The summed E-state index contributed by atoms with van der Waals surface area (Å²) >= 11 is 0. The van der Waals surface area contributed by atoms with Gasteiger partial charge in [-0.3, -0.25) is 4.79 Å². The second-order valence-electron chi connectivity index (χ2n) is 8.00. The van der Waals surface area contributed by atoms with Crippen LogP contribution >= 0.6 is 0 Å². The number of carbonyl (C=O) groups is 1. The molecule has 3 aromatic rings. The summed E-state index contributed by atoms with van der Waals surface area (Å²) in [5.74, 6) is 0.324. The zero-order valence-corrected chi connectivity index (χ0v) is 17.9. The second-order valence-corrected chi connectivity index (χ2v) is 8.00. The fraction of sp³-hybridized carbons (Fsp3) is 0.320. The van der Waals surface area contributed by atoms with E-state index in [1.807, 2.05) is 53.6 Å². The summed E-state index contributed by atoms with van der Waals surface area (Å²) in [5.41, 5.74) is 2.20. The molecule has 162 valence electrons. The van der Waals surface area contributed by atoms with Crippen LogP contribution < -0.4 is 4.74 Å². The van der Waals surface area contributed by atoms with Crippen molar-refractivity contribution >= 4 is 16.8 Å². The van der Waals surface area contributed by atoms with Crippen LogP contribution in [0, 0.1) is 5.82 Å². The van der Waals surface area contributed by atoms with Gasteiger partial charge in [0, 0.05) is 25.0 Å². The molecule has 1 saturated heterocycles. The average molecular weight is 423 g/mol. The summed E-state index contributed by atoms with van der Waals surface area (Å²) in [5, 5.41) is 0.846. The van der Waals surface area contributed by atoms with E-state index in [-0.39, 0.29) is 23.9 Å². The van der Waals surface area contributed by atoms with Crippen molar-refractivity contribution in [3.8, 4) is 5.75 Å². The number of nitrogens with zero attached hydrogens (tertiary/aromatic N) is 2. The Balaban J connectivity index is 1.80. The first-order chi connectivity index (χ1) is 15.0. The van der Waals surface area contributed by atoms with Gasteiger partial charge in [0.2, 0.25) is 0 Å². The number of hydrogen-bond donors (Lipinski definition) is 0. The molecule has 0 spiro atoms. The van der Waals surface area contributed by atoms with E-state index in [1.165, 1.54) is 12.1 Å². The average Bonchev–Trinajstić information content (AvgIpc) is 3.10. The Morgan fingerprint density at radius 2 is 1.94 bits per heavy atom.